The summed E-state index contributed by atoms with van der Waals surface area (Å²) in [6.45, 7) is 0. The molecule has 0 fully saturated rings. The number of carbonyl (C=O) groups is 2. The second kappa shape index (κ2) is 5.53. The third kappa shape index (κ3) is 4.17. The second-order valence-electron chi connectivity index (χ2n) is 2.78. The molecule has 0 aliphatic heterocycles. The van der Waals surface area contributed by atoms with Crippen molar-refractivity contribution in [1.29, 1.82) is 0 Å². The molecular weight excluding hydrogens is 196 g/mol. The van der Waals surface area contributed by atoms with E-state index < -0.39 is 30.3 Å². The van der Waals surface area contributed by atoms with Gasteiger partial charge in [-0.3, -0.25) is 0 Å². The molecule has 0 spiro atoms. The van der Waals surface area contributed by atoms with Crippen molar-refractivity contribution >= 4 is 11.9 Å². The Labute approximate surface area is 79.2 Å². The molecule has 0 aromatic heterocycles. The number of carboxylic acids is 2. The molecule has 3 unspecified atom stereocenters. The maximum absolute atomic E-state index is 10.1. The first kappa shape index (κ1) is 12.8. The van der Waals surface area contributed by atoms with Gasteiger partial charge in [-0.15, -0.1) is 0 Å². The van der Waals surface area contributed by atoms with Crippen LogP contribution >= 0.6 is 0 Å². The van der Waals surface area contributed by atoms with Gasteiger partial charge in [-0.1, -0.05) is 0 Å². The van der Waals surface area contributed by atoms with Crippen molar-refractivity contribution in [3.05, 3.63) is 0 Å². The fourth-order valence-corrected chi connectivity index (χ4v) is 0.775. The van der Waals surface area contributed by atoms with Crippen molar-refractivity contribution in [1.82, 2.24) is 0 Å². The number of hydrogen-bond acceptors (Lipinski definition) is 5. The molecule has 0 rings (SSSR count). The molecule has 7 heteroatoms. The van der Waals surface area contributed by atoms with Crippen molar-refractivity contribution in [2.75, 3.05) is 0 Å². The van der Waals surface area contributed by atoms with Crippen LogP contribution in [0, 0.1) is 0 Å². The van der Waals surface area contributed by atoms with Gasteiger partial charge in [-0.2, -0.15) is 0 Å². The van der Waals surface area contributed by atoms with E-state index in [0.717, 1.165) is 0 Å². The summed E-state index contributed by atoms with van der Waals surface area (Å²) in [5, 5.41) is 43.0. The third-order valence-corrected chi connectivity index (χ3v) is 1.64. The van der Waals surface area contributed by atoms with E-state index in [0.29, 0.717) is 0 Å². The van der Waals surface area contributed by atoms with Gasteiger partial charge in [-0.05, 0) is 12.8 Å². The predicted octanol–water partition coefficient (Wildman–Crippen LogP) is -1.98. The average molecular weight is 208 g/mol. The molecular formula is C7H12O7. The SMILES string of the molecule is O=C(O)C(O)CCC(O)C(O)C(=O)O. The first-order chi connectivity index (χ1) is 6.36. The maximum Gasteiger partial charge on any atom is 0.335 e. The number of rotatable bonds is 6. The Kier molecular flexibility index (Phi) is 5.06. The highest BCUT2D eigenvalue weighted by molar-refractivity contribution is 5.73. The zero-order valence-electron chi connectivity index (χ0n) is 7.20. The quantitative estimate of drug-likeness (QED) is 0.341. The smallest absolute Gasteiger partial charge is 0.335 e. The Hall–Kier alpha value is -1.18. The van der Waals surface area contributed by atoms with E-state index in [1.165, 1.54) is 0 Å². The van der Waals surface area contributed by atoms with Gasteiger partial charge in [0.05, 0.1) is 6.10 Å². The predicted molar refractivity (Wildman–Crippen MR) is 42.5 cm³/mol. The van der Waals surface area contributed by atoms with E-state index in [2.05, 4.69) is 0 Å². The van der Waals surface area contributed by atoms with Crippen LogP contribution in [0.3, 0.4) is 0 Å². The summed E-state index contributed by atoms with van der Waals surface area (Å²) in [5.74, 6) is -3.05. The van der Waals surface area contributed by atoms with Crippen LogP contribution in [0.4, 0.5) is 0 Å². The van der Waals surface area contributed by atoms with Gasteiger partial charge in [0.25, 0.3) is 0 Å². The van der Waals surface area contributed by atoms with Crippen molar-refractivity contribution < 1.29 is 35.1 Å². The zero-order valence-corrected chi connectivity index (χ0v) is 7.20. The first-order valence-electron chi connectivity index (χ1n) is 3.86. The van der Waals surface area contributed by atoms with Gasteiger partial charge >= 0.3 is 11.9 Å². The molecule has 0 radical (unpaired) electrons. The normalized spacial score (nSPS) is 17.1. The Morgan fingerprint density at radius 2 is 1.43 bits per heavy atom. The van der Waals surface area contributed by atoms with E-state index in [9.17, 15) is 9.59 Å². The summed E-state index contributed by atoms with van der Waals surface area (Å²) in [7, 11) is 0. The molecule has 0 saturated heterocycles. The Bertz CT molecular complexity index is 214. The molecule has 7 nitrogen and oxygen atoms in total. The number of aliphatic carboxylic acids is 2. The van der Waals surface area contributed by atoms with Gasteiger partial charge in [0.2, 0.25) is 0 Å². The Morgan fingerprint density at radius 3 is 1.79 bits per heavy atom. The molecule has 0 aromatic carbocycles. The number of hydrogen-bond donors (Lipinski definition) is 5. The van der Waals surface area contributed by atoms with Gasteiger partial charge in [0.15, 0.2) is 12.2 Å². The number of aliphatic hydroxyl groups is 3. The summed E-state index contributed by atoms with van der Waals surface area (Å²) >= 11 is 0. The van der Waals surface area contributed by atoms with Crippen molar-refractivity contribution in [2.24, 2.45) is 0 Å². The fourth-order valence-electron chi connectivity index (χ4n) is 0.775. The monoisotopic (exact) mass is 208 g/mol. The standard InChI is InChI=1S/C7H12O7/c8-3(5(10)7(13)14)1-2-4(9)6(11)12/h3-5,8-10H,1-2H2,(H,11,12)(H,13,14). The molecule has 0 saturated carbocycles. The summed E-state index contributed by atoms with van der Waals surface area (Å²) in [5.41, 5.74) is 0. The topological polar surface area (TPSA) is 135 Å². The Morgan fingerprint density at radius 1 is 0.929 bits per heavy atom. The van der Waals surface area contributed by atoms with Crippen LogP contribution in [0.15, 0.2) is 0 Å². The lowest BCUT2D eigenvalue weighted by Gasteiger charge is -2.14. The minimum atomic E-state index is -1.96. The highest BCUT2D eigenvalue weighted by Crippen LogP contribution is 2.06. The molecule has 5 N–H and O–H groups in total. The molecule has 0 bridgehead atoms. The van der Waals surface area contributed by atoms with Crippen LogP contribution in [-0.4, -0.2) is 55.8 Å². The van der Waals surface area contributed by atoms with Crippen LogP contribution in [0.2, 0.25) is 0 Å². The Balaban J connectivity index is 3.90. The zero-order chi connectivity index (χ0) is 11.3. The summed E-state index contributed by atoms with van der Waals surface area (Å²) in [6.07, 6.45) is -5.83. The lowest BCUT2D eigenvalue weighted by molar-refractivity contribution is -0.153. The van der Waals surface area contributed by atoms with E-state index in [-0.39, 0.29) is 12.8 Å². The number of aliphatic hydroxyl groups excluding tert-OH is 3. The third-order valence-electron chi connectivity index (χ3n) is 1.64. The minimum absolute atomic E-state index is 0.305. The summed E-state index contributed by atoms with van der Waals surface area (Å²) < 4.78 is 0. The maximum atomic E-state index is 10.1. The van der Waals surface area contributed by atoms with E-state index in [4.69, 9.17) is 25.5 Å². The molecule has 0 heterocycles. The van der Waals surface area contributed by atoms with Crippen molar-refractivity contribution in [3.63, 3.8) is 0 Å². The fraction of sp³-hybridized carbons (Fsp3) is 0.714. The van der Waals surface area contributed by atoms with Gasteiger partial charge in [0, 0.05) is 0 Å². The minimum Gasteiger partial charge on any atom is -0.479 e. The van der Waals surface area contributed by atoms with Gasteiger partial charge in [-0.25, -0.2) is 9.59 Å². The molecule has 0 aliphatic rings. The highest BCUT2D eigenvalue weighted by atomic mass is 16.4. The molecule has 14 heavy (non-hydrogen) atoms. The summed E-state index contributed by atoms with van der Waals surface area (Å²) in [4.78, 5) is 20.2. The van der Waals surface area contributed by atoms with Crippen LogP contribution in [-0.2, 0) is 9.59 Å². The van der Waals surface area contributed by atoms with Gasteiger partial charge in [0.1, 0.15) is 0 Å². The molecule has 0 aromatic rings. The van der Waals surface area contributed by atoms with Crippen LogP contribution < -0.4 is 0 Å². The average Bonchev–Trinajstić information content (AvgIpc) is 2.11. The molecule has 82 valence electrons. The number of carboxylic acid groups (broad SMARTS) is 2. The molecule has 0 amide bonds. The lowest BCUT2D eigenvalue weighted by Crippen LogP contribution is -2.34. The van der Waals surface area contributed by atoms with Crippen LogP contribution in [0.5, 0.6) is 0 Å². The molecule has 3 atom stereocenters. The first-order valence-corrected chi connectivity index (χ1v) is 3.86. The second-order valence-corrected chi connectivity index (χ2v) is 2.78. The van der Waals surface area contributed by atoms with Crippen LogP contribution in [0.1, 0.15) is 12.8 Å². The van der Waals surface area contributed by atoms with E-state index in [1.54, 1.807) is 0 Å². The van der Waals surface area contributed by atoms with E-state index in [1.807, 2.05) is 0 Å². The molecule has 0 aliphatic carbocycles. The van der Waals surface area contributed by atoms with Crippen molar-refractivity contribution in [2.45, 2.75) is 31.2 Å². The van der Waals surface area contributed by atoms with Gasteiger partial charge < -0.3 is 25.5 Å². The van der Waals surface area contributed by atoms with Crippen molar-refractivity contribution in [3.8, 4) is 0 Å². The summed E-state index contributed by atoms with van der Waals surface area (Å²) in [6, 6.07) is 0. The lowest BCUT2D eigenvalue weighted by atomic mass is 10.1. The highest BCUT2D eigenvalue weighted by Gasteiger charge is 2.25. The van der Waals surface area contributed by atoms with Crippen LogP contribution in [0.25, 0.3) is 0 Å². The van der Waals surface area contributed by atoms with E-state index >= 15 is 0 Å². The largest absolute Gasteiger partial charge is 0.479 e.